The van der Waals surface area contributed by atoms with Crippen molar-refractivity contribution in [3.05, 3.63) is 65.2 Å². The van der Waals surface area contributed by atoms with Crippen LogP contribution in [0.4, 0.5) is 0 Å². The van der Waals surface area contributed by atoms with Gasteiger partial charge in [-0.3, -0.25) is 9.59 Å². The van der Waals surface area contributed by atoms with Crippen molar-refractivity contribution in [3.8, 4) is 11.5 Å². The van der Waals surface area contributed by atoms with E-state index in [1.54, 1.807) is 36.4 Å². The number of ether oxygens (including phenoxy) is 2. The fourth-order valence-electron chi connectivity index (χ4n) is 3.43. The van der Waals surface area contributed by atoms with Gasteiger partial charge in [0.25, 0.3) is 11.7 Å². The van der Waals surface area contributed by atoms with E-state index in [-0.39, 0.29) is 30.2 Å². The Labute approximate surface area is 181 Å². The highest BCUT2D eigenvalue weighted by Gasteiger charge is 2.45. The Morgan fingerprint density at radius 2 is 1.71 bits per heavy atom. The lowest BCUT2D eigenvalue weighted by atomic mass is 9.95. The first-order chi connectivity index (χ1) is 14.8. The molecule has 7 heteroatoms. The smallest absolute Gasteiger partial charge is 0.295 e. The quantitative estimate of drug-likeness (QED) is 0.382. The predicted molar refractivity (Wildman–Crippen MR) is 116 cm³/mol. The van der Waals surface area contributed by atoms with Crippen LogP contribution in [0.3, 0.4) is 0 Å². The SMILES string of the molecule is COCCN1C(=O)C(=O)/C(=C(/O)c2ccc(OCC(C)C)cc2)C1c1ccc(O)cc1. The molecule has 0 bridgehead atoms. The maximum Gasteiger partial charge on any atom is 0.295 e. The van der Waals surface area contributed by atoms with Gasteiger partial charge in [0.1, 0.15) is 17.3 Å². The van der Waals surface area contributed by atoms with E-state index >= 15 is 0 Å². The Bertz CT molecular complexity index is 963. The molecule has 0 saturated carbocycles. The van der Waals surface area contributed by atoms with Crippen LogP contribution in [0.25, 0.3) is 5.76 Å². The number of aliphatic hydroxyl groups is 1. The fraction of sp³-hybridized carbons (Fsp3) is 0.333. The first kappa shape index (κ1) is 22.4. The zero-order valence-corrected chi connectivity index (χ0v) is 17.9. The molecular weight excluding hydrogens is 398 g/mol. The van der Waals surface area contributed by atoms with Gasteiger partial charge in [0.05, 0.1) is 24.8 Å². The van der Waals surface area contributed by atoms with Gasteiger partial charge in [-0.2, -0.15) is 0 Å². The molecule has 1 aliphatic rings. The molecule has 0 aromatic heterocycles. The number of aromatic hydroxyl groups is 1. The van der Waals surface area contributed by atoms with Crippen molar-refractivity contribution in [3.63, 3.8) is 0 Å². The molecule has 0 radical (unpaired) electrons. The number of aliphatic hydroxyl groups excluding tert-OH is 1. The lowest BCUT2D eigenvalue weighted by molar-refractivity contribution is -0.140. The predicted octanol–water partition coefficient (Wildman–Crippen LogP) is 3.50. The van der Waals surface area contributed by atoms with Gasteiger partial charge in [-0.1, -0.05) is 26.0 Å². The van der Waals surface area contributed by atoms with Crippen molar-refractivity contribution in [2.75, 3.05) is 26.9 Å². The lowest BCUT2D eigenvalue weighted by Gasteiger charge is -2.25. The van der Waals surface area contributed by atoms with E-state index < -0.39 is 17.7 Å². The number of carbonyl (C=O) groups is 2. The maximum atomic E-state index is 12.9. The first-order valence-corrected chi connectivity index (χ1v) is 10.1. The number of methoxy groups -OCH3 is 1. The van der Waals surface area contributed by atoms with Crippen molar-refractivity contribution in [2.24, 2.45) is 5.92 Å². The van der Waals surface area contributed by atoms with E-state index in [0.717, 1.165) is 0 Å². The number of hydrogen-bond acceptors (Lipinski definition) is 6. The number of rotatable bonds is 8. The van der Waals surface area contributed by atoms with Gasteiger partial charge < -0.3 is 24.6 Å². The molecule has 0 aliphatic carbocycles. The van der Waals surface area contributed by atoms with Crippen LogP contribution in [0.15, 0.2) is 54.1 Å². The first-order valence-electron chi connectivity index (χ1n) is 10.1. The van der Waals surface area contributed by atoms with Crippen molar-refractivity contribution in [2.45, 2.75) is 19.9 Å². The average molecular weight is 425 g/mol. The minimum absolute atomic E-state index is 0.00245. The summed E-state index contributed by atoms with van der Waals surface area (Å²) < 4.78 is 10.8. The topological polar surface area (TPSA) is 96.3 Å². The third-order valence-electron chi connectivity index (χ3n) is 5.00. The zero-order valence-electron chi connectivity index (χ0n) is 17.9. The third kappa shape index (κ3) is 4.88. The van der Waals surface area contributed by atoms with Crippen molar-refractivity contribution in [1.29, 1.82) is 0 Å². The van der Waals surface area contributed by atoms with Crippen LogP contribution in [-0.2, 0) is 14.3 Å². The number of phenols is 1. The minimum atomic E-state index is -0.785. The highest BCUT2D eigenvalue weighted by Crippen LogP contribution is 2.39. The Morgan fingerprint density at radius 3 is 2.29 bits per heavy atom. The third-order valence-corrected chi connectivity index (χ3v) is 5.00. The van der Waals surface area contributed by atoms with E-state index in [0.29, 0.717) is 29.4 Å². The summed E-state index contributed by atoms with van der Waals surface area (Å²) in [5.74, 6) is -0.621. The minimum Gasteiger partial charge on any atom is -0.508 e. The molecule has 1 amide bonds. The van der Waals surface area contributed by atoms with Crippen LogP contribution in [0.1, 0.15) is 31.0 Å². The molecule has 164 valence electrons. The summed E-state index contributed by atoms with van der Waals surface area (Å²) >= 11 is 0. The summed E-state index contributed by atoms with van der Waals surface area (Å²) in [6, 6.07) is 12.2. The highest BCUT2D eigenvalue weighted by atomic mass is 16.5. The molecule has 7 nitrogen and oxygen atoms in total. The molecule has 2 aromatic carbocycles. The molecule has 2 aromatic rings. The zero-order chi connectivity index (χ0) is 22.5. The summed E-state index contributed by atoms with van der Waals surface area (Å²) in [4.78, 5) is 27.0. The molecule has 1 aliphatic heterocycles. The summed E-state index contributed by atoms with van der Waals surface area (Å²) in [6.45, 7) is 5.09. The molecule has 1 saturated heterocycles. The molecule has 31 heavy (non-hydrogen) atoms. The molecule has 1 fully saturated rings. The number of amides is 1. The second-order valence-electron chi connectivity index (χ2n) is 7.81. The number of likely N-dealkylation sites (tertiary alicyclic amines) is 1. The Balaban J connectivity index is 2.02. The number of phenolic OH excluding ortho intramolecular Hbond substituents is 1. The van der Waals surface area contributed by atoms with Crippen molar-refractivity contribution >= 4 is 17.4 Å². The van der Waals surface area contributed by atoms with E-state index in [2.05, 4.69) is 0 Å². The molecule has 1 unspecified atom stereocenters. The Morgan fingerprint density at radius 1 is 1.06 bits per heavy atom. The van der Waals surface area contributed by atoms with Crippen LogP contribution in [0.5, 0.6) is 11.5 Å². The van der Waals surface area contributed by atoms with Gasteiger partial charge in [-0.25, -0.2) is 0 Å². The largest absolute Gasteiger partial charge is 0.508 e. The molecule has 1 atom stereocenters. The number of hydrogen-bond donors (Lipinski definition) is 2. The van der Waals surface area contributed by atoms with Crippen LogP contribution >= 0.6 is 0 Å². The molecule has 2 N–H and O–H groups in total. The number of nitrogens with zero attached hydrogens (tertiary/aromatic N) is 1. The van der Waals surface area contributed by atoms with Gasteiger partial charge in [0, 0.05) is 19.2 Å². The summed E-state index contributed by atoms with van der Waals surface area (Å²) in [5.41, 5.74) is 1.01. The van der Waals surface area contributed by atoms with E-state index in [4.69, 9.17) is 9.47 Å². The van der Waals surface area contributed by atoms with Crippen molar-refractivity contribution in [1.82, 2.24) is 4.90 Å². The normalized spacial score (nSPS) is 18.1. The highest BCUT2D eigenvalue weighted by molar-refractivity contribution is 6.46. The second-order valence-corrected chi connectivity index (χ2v) is 7.81. The molecular formula is C24H27NO6. The summed E-state index contributed by atoms with van der Waals surface area (Å²) in [5, 5.41) is 20.6. The van der Waals surface area contributed by atoms with Gasteiger partial charge in [-0.05, 0) is 47.9 Å². The summed E-state index contributed by atoms with van der Waals surface area (Å²) in [6.07, 6.45) is 0. The van der Waals surface area contributed by atoms with Crippen LogP contribution in [-0.4, -0.2) is 53.7 Å². The van der Waals surface area contributed by atoms with Gasteiger partial charge in [-0.15, -0.1) is 0 Å². The van der Waals surface area contributed by atoms with E-state index in [1.807, 2.05) is 13.8 Å². The monoisotopic (exact) mass is 425 g/mol. The number of carbonyl (C=O) groups excluding carboxylic acids is 2. The Hall–Kier alpha value is -3.32. The van der Waals surface area contributed by atoms with Gasteiger partial charge in [0.15, 0.2) is 0 Å². The molecule has 3 rings (SSSR count). The van der Waals surface area contributed by atoms with E-state index in [9.17, 15) is 19.8 Å². The van der Waals surface area contributed by atoms with Crippen molar-refractivity contribution < 1.29 is 29.3 Å². The summed E-state index contributed by atoms with van der Waals surface area (Å²) in [7, 11) is 1.51. The van der Waals surface area contributed by atoms with Gasteiger partial charge >= 0.3 is 0 Å². The molecule has 1 heterocycles. The molecule has 0 spiro atoms. The standard InChI is InChI=1S/C24H27NO6/c1-15(2)14-31-19-10-6-17(7-11-19)22(27)20-21(16-4-8-18(26)9-5-16)25(12-13-30-3)24(29)23(20)28/h4-11,15,21,26-27H,12-14H2,1-3H3/b22-20+. The van der Waals surface area contributed by atoms with E-state index in [1.165, 1.54) is 24.1 Å². The number of Topliss-reactive ketones (excluding diaryl/α,β-unsaturated/α-hetero) is 1. The fourth-order valence-corrected chi connectivity index (χ4v) is 3.43. The average Bonchev–Trinajstić information content (AvgIpc) is 3.01. The Kier molecular flexibility index (Phi) is 6.97. The lowest BCUT2D eigenvalue weighted by Crippen LogP contribution is -2.32. The second kappa shape index (κ2) is 9.66. The van der Waals surface area contributed by atoms with Crippen LogP contribution in [0, 0.1) is 5.92 Å². The van der Waals surface area contributed by atoms with Gasteiger partial charge in [0.2, 0.25) is 0 Å². The number of benzene rings is 2. The maximum absolute atomic E-state index is 12.9. The van der Waals surface area contributed by atoms with Crippen LogP contribution < -0.4 is 4.74 Å². The number of ketones is 1. The van der Waals surface area contributed by atoms with Crippen LogP contribution in [0.2, 0.25) is 0 Å².